The summed E-state index contributed by atoms with van der Waals surface area (Å²) < 4.78 is 17.1. The molecule has 1 aromatic carbocycles. The molecule has 1 aromatic rings. The van der Waals surface area contributed by atoms with Crippen LogP contribution in [0.2, 0.25) is 0 Å². The van der Waals surface area contributed by atoms with E-state index in [9.17, 15) is 0 Å². The molecule has 0 saturated heterocycles. The first-order valence-electron chi connectivity index (χ1n) is 5.91. The second-order valence-electron chi connectivity index (χ2n) is 3.80. The van der Waals surface area contributed by atoms with Crippen molar-refractivity contribution in [2.75, 3.05) is 33.9 Å². The summed E-state index contributed by atoms with van der Waals surface area (Å²) in [5.41, 5.74) is 0. The van der Waals surface area contributed by atoms with E-state index in [0.717, 1.165) is 29.1 Å². The number of benzene rings is 1. The molecule has 0 aliphatic heterocycles. The Hall–Kier alpha value is -0.780. The molecule has 1 N–H and O–H groups in total. The number of hydrogen-bond acceptors (Lipinski definition) is 4. The second-order valence-corrected chi connectivity index (χ2v) is 4.65. The lowest BCUT2D eigenvalue weighted by atomic mass is 10.3. The zero-order valence-corrected chi connectivity index (χ0v) is 12.6. The van der Waals surface area contributed by atoms with Gasteiger partial charge in [-0.2, -0.15) is 0 Å². The van der Waals surface area contributed by atoms with E-state index in [1.54, 1.807) is 14.2 Å². The minimum atomic E-state index is -0.0142. The zero-order chi connectivity index (χ0) is 13.4. The first kappa shape index (κ1) is 15.3. The van der Waals surface area contributed by atoms with Gasteiger partial charge in [-0.25, -0.2) is 0 Å². The van der Waals surface area contributed by atoms with Gasteiger partial charge >= 0.3 is 0 Å². The molecule has 0 radical (unpaired) electrons. The highest BCUT2D eigenvalue weighted by Gasteiger charge is 2.12. The maximum absolute atomic E-state index is 5.90. The quantitative estimate of drug-likeness (QED) is 0.799. The van der Waals surface area contributed by atoms with Gasteiger partial charge in [0.2, 0.25) is 0 Å². The van der Waals surface area contributed by atoms with Crippen LogP contribution >= 0.6 is 15.9 Å². The molecule has 1 rings (SSSR count). The Bertz CT molecular complexity index is 360. The predicted molar refractivity (Wildman–Crippen MR) is 75.5 cm³/mol. The standard InChI is InChI=1S/C13H20BrNO3/c1-4-15-8-11(9-16-2)18-13-6-5-10(17-3)7-12(13)14/h5-7,11,15H,4,8-9H2,1-3H3. The molecule has 0 aliphatic carbocycles. The number of ether oxygens (including phenoxy) is 3. The number of rotatable bonds is 8. The van der Waals surface area contributed by atoms with E-state index < -0.39 is 0 Å². The molecule has 0 aromatic heterocycles. The number of likely N-dealkylation sites (N-methyl/N-ethyl adjacent to an activating group) is 1. The van der Waals surface area contributed by atoms with Gasteiger partial charge in [-0.05, 0) is 40.7 Å². The van der Waals surface area contributed by atoms with Gasteiger partial charge in [0.25, 0.3) is 0 Å². The van der Waals surface area contributed by atoms with Crippen LogP contribution in [0.3, 0.4) is 0 Å². The van der Waals surface area contributed by atoms with E-state index in [-0.39, 0.29) is 6.10 Å². The third-order valence-electron chi connectivity index (χ3n) is 2.41. The Kier molecular flexibility index (Phi) is 7.08. The maximum atomic E-state index is 5.90. The summed E-state index contributed by atoms with van der Waals surface area (Å²) >= 11 is 3.47. The maximum Gasteiger partial charge on any atom is 0.134 e. The normalized spacial score (nSPS) is 12.2. The van der Waals surface area contributed by atoms with Crippen molar-refractivity contribution in [2.24, 2.45) is 0 Å². The van der Waals surface area contributed by atoms with E-state index in [4.69, 9.17) is 14.2 Å². The van der Waals surface area contributed by atoms with Crippen LogP contribution in [0.1, 0.15) is 6.92 Å². The lowest BCUT2D eigenvalue weighted by Gasteiger charge is -2.19. The molecular weight excluding hydrogens is 298 g/mol. The van der Waals surface area contributed by atoms with Crippen LogP contribution in [0.4, 0.5) is 0 Å². The molecule has 1 atom stereocenters. The van der Waals surface area contributed by atoms with Gasteiger partial charge in [0.1, 0.15) is 17.6 Å². The van der Waals surface area contributed by atoms with Crippen molar-refractivity contribution in [1.82, 2.24) is 5.32 Å². The summed E-state index contributed by atoms with van der Waals surface area (Å²) in [7, 11) is 3.31. The van der Waals surface area contributed by atoms with Crippen LogP contribution in [-0.4, -0.2) is 40.0 Å². The van der Waals surface area contributed by atoms with Crippen molar-refractivity contribution in [3.63, 3.8) is 0 Å². The summed E-state index contributed by atoms with van der Waals surface area (Å²) in [6.45, 7) is 4.27. The van der Waals surface area contributed by atoms with Gasteiger partial charge in [0.15, 0.2) is 0 Å². The van der Waals surface area contributed by atoms with E-state index >= 15 is 0 Å². The average molecular weight is 318 g/mol. The lowest BCUT2D eigenvalue weighted by molar-refractivity contribution is 0.0804. The van der Waals surface area contributed by atoms with Gasteiger partial charge in [-0.1, -0.05) is 6.92 Å². The number of nitrogens with one attached hydrogen (secondary N) is 1. The molecule has 0 aliphatic rings. The van der Waals surface area contributed by atoms with Crippen LogP contribution < -0.4 is 14.8 Å². The molecule has 4 nitrogen and oxygen atoms in total. The smallest absolute Gasteiger partial charge is 0.134 e. The second kappa shape index (κ2) is 8.34. The number of hydrogen-bond donors (Lipinski definition) is 1. The number of methoxy groups -OCH3 is 2. The van der Waals surface area contributed by atoms with Crippen molar-refractivity contribution in [2.45, 2.75) is 13.0 Å². The van der Waals surface area contributed by atoms with Crippen molar-refractivity contribution in [3.8, 4) is 11.5 Å². The molecule has 0 spiro atoms. The molecule has 0 heterocycles. The first-order chi connectivity index (χ1) is 8.71. The Morgan fingerprint density at radius 2 is 2.11 bits per heavy atom. The van der Waals surface area contributed by atoms with E-state index in [2.05, 4.69) is 28.2 Å². The molecule has 5 heteroatoms. The zero-order valence-electron chi connectivity index (χ0n) is 11.0. The largest absolute Gasteiger partial charge is 0.497 e. The fourth-order valence-electron chi connectivity index (χ4n) is 1.51. The summed E-state index contributed by atoms with van der Waals surface area (Å²) in [6.07, 6.45) is -0.0142. The topological polar surface area (TPSA) is 39.7 Å². The lowest BCUT2D eigenvalue weighted by Crippen LogP contribution is -2.34. The van der Waals surface area contributed by atoms with Crippen molar-refractivity contribution in [3.05, 3.63) is 22.7 Å². The molecule has 1 unspecified atom stereocenters. The number of halogens is 1. The Morgan fingerprint density at radius 1 is 1.33 bits per heavy atom. The van der Waals surface area contributed by atoms with E-state index in [1.807, 2.05) is 18.2 Å². The highest BCUT2D eigenvalue weighted by atomic mass is 79.9. The van der Waals surface area contributed by atoms with E-state index in [1.165, 1.54) is 0 Å². The Balaban J connectivity index is 2.67. The molecular formula is C13H20BrNO3. The molecule has 0 fully saturated rings. The summed E-state index contributed by atoms with van der Waals surface area (Å²) in [5.74, 6) is 1.58. The van der Waals surface area contributed by atoms with Crippen molar-refractivity contribution < 1.29 is 14.2 Å². The van der Waals surface area contributed by atoms with Gasteiger partial charge in [0.05, 0.1) is 18.2 Å². The molecule has 0 saturated carbocycles. The minimum Gasteiger partial charge on any atom is -0.497 e. The Labute approximate surface area is 117 Å². The van der Waals surface area contributed by atoms with Gasteiger partial charge in [-0.3, -0.25) is 0 Å². The third-order valence-corrected chi connectivity index (χ3v) is 3.03. The highest BCUT2D eigenvalue weighted by molar-refractivity contribution is 9.10. The molecule has 0 amide bonds. The fourth-order valence-corrected chi connectivity index (χ4v) is 1.96. The first-order valence-corrected chi connectivity index (χ1v) is 6.70. The predicted octanol–water partition coefficient (Wildman–Crippen LogP) is 2.46. The van der Waals surface area contributed by atoms with Crippen molar-refractivity contribution in [1.29, 1.82) is 0 Å². The van der Waals surface area contributed by atoms with Crippen molar-refractivity contribution >= 4 is 15.9 Å². The Morgan fingerprint density at radius 3 is 2.67 bits per heavy atom. The summed E-state index contributed by atoms with van der Waals surface area (Å²) in [5, 5.41) is 3.25. The van der Waals surface area contributed by atoms with Crippen LogP contribution in [0.25, 0.3) is 0 Å². The van der Waals surface area contributed by atoms with Crippen LogP contribution in [-0.2, 0) is 4.74 Å². The van der Waals surface area contributed by atoms with Crippen LogP contribution in [0.15, 0.2) is 22.7 Å². The fraction of sp³-hybridized carbons (Fsp3) is 0.538. The van der Waals surface area contributed by atoms with Crippen LogP contribution in [0.5, 0.6) is 11.5 Å². The molecule has 0 bridgehead atoms. The molecule has 102 valence electrons. The minimum absolute atomic E-state index is 0.0142. The highest BCUT2D eigenvalue weighted by Crippen LogP contribution is 2.29. The monoisotopic (exact) mass is 317 g/mol. The van der Waals surface area contributed by atoms with E-state index in [0.29, 0.717) is 6.61 Å². The third kappa shape index (κ3) is 4.84. The summed E-state index contributed by atoms with van der Waals surface area (Å²) in [4.78, 5) is 0. The summed E-state index contributed by atoms with van der Waals surface area (Å²) in [6, 6.07) is 5.64. The van der Waals surface area contributed by atoms with Gasteiger partial charge in [0, 0.05) is 13.7 Å². The van der Waals surface area contributed by atoms with Gasteiger partial charge in [-0.15, -0.1) is 0 Å². The van der Waals surface area contributed by atoms with Gasteiger partial charge < -0.3 is 19.5 Å². The SMILES string of the molecule is CCNCC(COC)Oc1ccc(OC)cc1Br. The average Bonchev–Trinajstić information content (AvgIpc) is 2.38. The van der Waals surface area contributed by atoms with Crippen LogP contribution in [0, 0.1) is 0 Å². The molecule has 18 heavy (non-hydrogen) atoms.